The van der Waals surface area contributed by atoms with Crippen LogP contribution in [0.2, 0.25) is 0 Å². The highest BCUT2D eigenvalue weighted by Gasteiger charge is 2.20. The van der Waals surface area contributed by atoms with E-state index in [-0.39, 0.29) is 12.6 Å². The van der Waals surface area contributed by atoms with E-state index in [2.05, 4.69) is 31.3 Å². The standard InChI is InChI=1S/C11H15NO/c1-7-3-8(2)11-9(4-7)5-10(6-13)12-11/h3-4,10,12-13H,5-6H2,1-2H3. The summed E-state index contributed by atoms with van der Waals surface area (Å²) in [7, 11) is 0. The summed E-state index contributed by atoms with van der Waals surface area (Å²) in [6.07, 6.45) is 0.953. The summed E-state index contributed by atoms with van der Waals surface area (Å²) in [6.45, 7) is 4.44. The average molecular weight is 177 g/mol. The lowest BCUT2D eigenvalue weighted by molar-refractivity contribution is 0.277. The summed E-state index contributed by atoms with van der Waals surface area (Å²) in [5.74, 6) is 0. The summed E-state index contributed by atoms with van der Waals surface area (Å²) in [5.41, 5.74) is 5.16. The molecule has 0 aliphatic carbocycles. The van der Waals surface area contributed by atoms with Crippen molar-refractivity contribution >= 4 is 5.69 Å². The first-order chi connectivity index (χ1) is 6.20. The number of hydrogen-bond donors (Lipinski definition) is 2. The molecule has 0 saturated carbocycles. The molecule has 0 bridgehead atoms. The summed E-state index contributed by atoms with van der Waals surface area (Å²) in [4.78, 5) is 0. The lowest BCUT2D eigenvalue weighted by atomic mass is 10.0. The predicted octanol–water partition coefficient (Wildman–Crippen LogP) is 1.63. The molecule has 2 N–H and O–H groups in total. The van der Waals surface area contributed by atoms with Crippen molar-refractivity contribution in [2.45, 2.75) is 26.3 Å². The second-order valence-electron chi connectivity index (χ2n) is 3.84. The molecule has 2 nitrogen and oxygen atoms in total. The van der Waals surface area contributed by atoms with E-state index in [9.17, 15) is 0 Å². The van der Waals surface area contributed by atoms with Gasteiger partial charge in [-0.15, -0.1) is 0 Å². The molecule has 1 heterocycles. The first-order valence-corrected chi connectivity index (χ1v) is 4.68. The summed E-state index contributed by atoms with van der Waals surface area (Å²) in [5, 5.41) is 12.4. The van der Waals surface area contributed by atoms with E-state index in [0.717, 1.165) is 6.42 Å². The third-order valence-electron chi connectivity index (χ3n) is 2.60. The van der Waals surface area contributed by atoms with Gasteiger partial charge in [-0.1, -0.05) is 17.7 Å². The molecule has 1 atom stereocenters. The second-order valence-corrected chi connectivity index (χ2v) is 3.84. The van der Waals surface area contributed by atoms with Crippen LogP contribution >= 0.6 is 0 Å². The van der Waals surface area contributed by atoms with E-state index < -0.39 is 0 Å². The van der Waals surface area contributed by atoms with Gasteiger partial charge >= 0.3 is 0 Å². The normalized spacial score (nSPS) is 19.8. The Morgan fingerprint density at radius 1 is 1.46 bits per heavy atom. The molecule has 1 aliphatic rings. The third kappa shape index (κ3) is 1.42. The van der Waals surface area contributed by atoms with Gasteiger partial charge in [0.2, 0.25) is 0 Å². The van der Waals surface area contributed by atoms with Crippen molar-refractivity contribution in [2.24, 2.45) is 0 Å². The van der Waals surface area contributed by atoms with Gasteiger partial charge in [0.05, 0.1) is 12.6 Å². The van der Waals surface area contributed by atoms with Gasteiger partial charge in [-0.2, -0.15) is 0 Å². The molecular formula is C11H15NO. The first-order valence-electron chi connectivity index (χ1n) is 4.68. The molecule has 2 rings (SSSR count). The lowest BCUT2D eigenvalue weighted by Crippen LogP contribution is -2.19. The minimum atomic E-state index is 0.215. The molecule has 1 unspecified atom stereocenters. The monoisotopic (exact) mass is 177 g/mol. The Labute approximate surface area is 78.6 Å². The Bertz CT molecular complexity index is 333. The van der Waals surface area contributed by atoms with Crippen LogP contribution in [0.25, 0.3) is 0 Å². The zero-order valence-corrected chi connectivity index (χ0v) is 8.09. The molecule has 70 valence electrons. The van der Waals surface area contributed by atoms with Crippen molar-refractivity contribution in [3.05, 3.63) is 28.8 Å². The highest BCUT2D eigenvalue weighted by Crippen LogP contribution is 2.30. The molecule has 0 radical (unpaired) electrons. The van der Waals surface area contributed by atoms with Crippen LogP contribution in [-0.4, -0.2) is 17.8 Å². The van der Waals surface area contributed by atoms with Crippen LogP contribution in [0.4, 0.5) is 5.69 Å². The van der Waals surface area contributed by atoms with Crippen molar-refractivity contribution in [1.82, 2.24) is 0 Å². The Morgan fingerprint density at radius 2 is 2.23 bits per heavy atom. The quantitative estimate of drug-likeness (QED) is 0.683. The maximum atomic E-state index is 9.04. The van der Waals surface area contributed by atoms with Gasteiger partial charge in [0.15, 0.2) is 0 Å². The predicted molar refractivity (Wildman–Crippen MR) is 54.1 cm³/mol. The molecule has 1 aliphatic heterocycles. The zero-order valence-electron chi connectivity index (χ0n) is 8.09. The number of anilines is 1. The highest BCUT2D eigenvalue weighted by atomic mass is 16.3. The van der Waals surface area contributed by atoms with Crippen LogP contribution in [0.3, 0.4) is 0 Å². The van der Waals surface area contributed by atoms with Gasteiger partial charge in [-0.05, 0) is 31.4 Å². The summed E-state index contributed by atoms with van der Waals surface area (Å²) >= 11 is 0. The van der Waals surface area contributed by atoms with Crippen molar-refractivity contribution in [3.8, 4) is 0 Å². The molecule has 1 aromatic carbocycles. The number of aryl methyl sites for hydroxylation is 2. The van der Waals surface area contributed by atoms with Crippen molar-refractivity contribution < 1.29 is 5.11 Å². The Hall–Kier alpha value is -1.02. The number of benzene rings is 1. The molecule has 0 saturated heterocycles. The molecule has 0 amide bonds. The number of aliphatic hydroxyl groups is 1. The molecule has 0 fully saturated rings. The van der Waals surface area contributed by atoms with Crippen molar-refractivity contribution in [3.63, 3.8) is 0 Å². The van der Waals surface area contributed by atoms with Crippen molar-refractivity contribution in [2.75, 3.05) is 11.9 Å². The van der Waals surface area contributed by atoms with Gasteiger partial charge in [0, 0.05) is 5.69 Å². The van der Waals surface area contributed by atoms with E-state index in [1.165, 1.54) is 22.4 Å². The minimum absolute atomic E-state index is 0.215. The number of fused-ring (bicyclic) bond motifs is 1. The zero-order chi connectivity index (χ0) is 9.42. The molecule has 2 heteroatoms. The minimum Gasteiger partial charge on any atom is -0.394 e. The largest absolute Gasteiger partial charge is 0.394 e. The molecular weight excluding hydrogens is 162 g/mol. The van der Waals surface area contributed by atoms with Crippen molar-refractivity contribution in [1.29, 1.82) is 0 Å². The first kappa shape index (κ1) is 8.57. The fraction of sp³-hybridized carbons (Fsp3) is 0.455. The Kier molecular flexibility index (Phi) is 2.00. The van der Waals surface area contributed by atoms with E-state index in [4.69, 9.17) is 5.11 Å². The van der Waals surface area contributed by atoms with Gasteiger partial charge in [0.1, 0.15) is 0 Å². The SMILES string of the molecule is Cc1cc(C)c2c(c1)CC(CO)N2. The van der Waals surface area contributed by atoms with Gasteiger partial charge in [0.25, 0.3) is 0 Å². The van der Waals surface area contributed by atoms with Gasteiger partial charge < -0.3 is 10.4 Å². The van der Waals surface area contributed by atoms with Crippen LogP contribution in [0, 0.1) is 13.8 Å². The van der Waals surface area contributed by atoms with Gasteiger partial charge in [-0.3, -0.25) is 0 Å². The van der Waals surface area contributed by atoms with Crippen LogP contribution in [0.15, 0.2) is 12.1 Å². The topological polar surface area (TPSA) is 32.3 Å². The summed E-state index contributed by atoms with van der Waals surface area (Å²) < 4.78 is 0. The molecule has 1 aromatic rings. The molecule has 0 aromatic heterocycles. The highest BCUT2D eigenvalue weighted by molar-refractivity contribution is 5.63. The fourth-order valence-electron chi connectivity index (χ4n) is 2.05. The fourth-order valence-corrected chi connectivity index (χ4v) is 2.05. The number of nitrogens with one attached hydrogen (secondary N) is 1. The smallest absolute Gasteiger partial charge is 0.0636 e. The Morgan fingerprint density at radius 3 is 2.92 bits per heavy atom. The second kappa shape index (κ2) is 3.04. The summed E-state index contributed by atoms with van der Waals surface area (Å²) in [6, 6.07) is 4.59. The number of hydrogen-bond acceptors (Lipinski definition) is 2. The van der Waals surface area contributed by atoms with Gasteiger partial charge in [-0.25, -0.2) is 0 Å². The van der Waals surface area contributed by atoms with E-state index >= 15 is 0 Å². The number of rotatable bonds is 1. The maximum absolute atomic E-state index is 9.04. The lowest BCUT2D eigenvalue weighted by Gasteiger charge is -2.08. The molecule has 13 heavy (non-hydrogen) atoms. The Balaban J connectivity index is 2.40. The third-order valence-corrected chi connectivity index (χ3v) is 2.60. The van der Waals surface area contributed by atoms with E-state index in [1.807, 2.05) is 0 Å². The van der Waals surface area contributed by atoms with Crippen LogP contribution in [0.5, 0.6) is 0 Å². The average Bonchev–Trinajstić information content (AvgIpc) is 2.47. The van der Waals surface area contributed by atoms with Crippen LogP contribution in [-0.2, 0) is 6.42 Å². The van der Waals surface area contributed by atoms with Crippen LogP contribution in [0.1, 0.15) is 16.7 Å². The van der Waals surface area contributed by atoms with E-state index in [0.29, 0.717) is 0 Å². The van der Waals surface area contributed by atoms with E-state index in [1.54, 1.807) is 0 Å². The number of aliphatic hydroxyl groups excluding tert-OH is 1. The molecule has 0 spiro atoms. The van der Waals surface area contributed by atoms with Crippen LogP contribution < -0.4 is 5.32 Å². The maximum Gasteiger partial charge on any atom is 0.0636 e.